The SMILES string of the molecule is NC(C=O)c1ccc([N+](=O)[O-])cc1. The fraction of sp³-hybridized carbons (Fsp3) is 0.125. The second-order valence-electron chi connectivity index (χ2n) is 2.51. The van der Waals surface area contributed by atoms with Gasteiger partial charge in [-0.25, -0.2) is 0 Å². The van der Waals surface area contributed by atoms with E-state index in [-0.39, 0.29) is 5.69 Å². The third-order valence-electron chi connectivity index (χ3n) is 1.64. The van der Waals surface area contributed by atoms with Crippen LogP contribution in [0.5, 0.6) is 0 Å². The predicted octanol–water partition coefficient (Wildman–Crippen LogP) is 0.793. The van der Waals surface area contributed by atoms with Crippen molar-refractivity contribution in [1.29, 1.82) is 0 Å². The summed E-state index contributed by atoms with van der Waals surface area (Å²) < 4.78 is 0. The van der Waals surface area contributed by atoms with Gasteiger partial charge in [0.1, 0.15) is 6.29 Å². The first-order valence-corrected chi connectivity index (χ1v) is 3.60. The molecule has 0 spiro atoms. The van der Waals surface area contributed by atoms with Gasteiger partial charge in [0.05, 0.1) is 11.0 Å². The van der Waals surface area contributed by atoms with E-state index in [0.29, 0.717) is 11.8 Å². The highest BCUT2D eigenvalue weighted by molar-refractivity contribution is 5.61. The molecule has 1 rings (SSSR count). The van der Waals surface area contributed by atoms with Crippen LogP contribution in [0.1, 0.15) is 11.6 Å². The summed E-state index contributed by atoms with van der Waals surface area (Å²) in [5.41, 5.74) is 5.94. The van der Waals surface area contributed by atoms with Crippen molar-refractivity contribution in [2.24, 2.45) is 5.73 Å². The smallest absolute Gasteiger partial charge is 0.269 e. The number of carbonyl (C=O) groups is 1. The Morgan fingerprint density at radius 3 is 2.31 bits per heavy atom. The van der Waals surface area contributed by atoms with Crippen molar-refractivity contribution in [2.75, 3.05) is 0 Å². The zero-order valence-corrected chi connectivity index (χ0v) is 6.71. The largest absolute Gasteiger partial charge is 0.318 e. The number of non-ortho nitro benzene ring substituents is 1. The molecule has 0 aliphatic heterocycles. The molecule has 5 heteroatoms. The van der Waals surface area contributed by atoms with Crippen molar-refractivity contribution in [3.05, 3.63) is 39.9 Å². The molecule has 0 aromatic heterocycles. The maximum absolute atomic E-state index is 10.3. The molecule has 1 aromatic rings. The highest BCUT2D eigenvalue weighted by atomic mass is 16.6. The molecule has 0 aliphatic carbocycles. The van der Waals surface area contributed by atoms with Gasteiger partial charge < -0.3 is 10.5 Å². The molecule has 1 atom stereocenters. The van der Waals surface area contributed by atoms with Gasteiger partial charge >= 0.3 is 0 Å². The summed E-state index contributed by atoms with van der Waals surface area (Å²) in [6, 6.07) is 4.87. The molecule has 0 fully saturated rings. The summed E-state index contributed by atoms with van der Waals surface area (Å²) in [5, 5.41) is 10.3. The first-order valence-electron chi connectivity index (χ1n) is 3.60. The topological polar surface area (TPSA) is 86.2 Å². The maximum Gasteiger partial charge on any atom is 0.269 e. The van der Waals surface area contributed by atoms with Gasteiger partial charge in [-0.15, -0.1) is 0 Å². The number of rotatable bonds is 3. The molecule has 1 unspecified atom stereocenters. The Morgan fingerprint density at radius 1 is 1.38 bits per heavy atom. The standard InChI is InChI=1S/C8H8N2O3/c9-8(5-11)6-1-3-7(4-2-6)10(12)13/h1-5,8H,9H2. The molecule has 0 bridgehead atoms. The molecule has 0 saturated carbocycles. The lowest BCUT2D eigenvalue weighted by Gasteiger charge is -2.02. The van der Waals surface area contributed by atoms with Crippen molar-refractivity contribution >= 4 is 12.0 Å². The van der Waals surface area contributed by atoms with Crippen molar-refractivity contribution in [1.82, 2.24) is 0 Å². The fourth-order valence-electron chi connectivity index (χ4n) is 0.897. The van der Waals surface area contributed by atoms with Gasteiger partial charge in [-0.3, -0.25) is 10.1 Å². The van der Waals surface area contributed by atoms with E-state index in [4.69, 9.17) is 5.73 Å². The van der Waals surface area contributed by atoms with E-state index in [0.717, 1.165) is 0 Å². The van der Waals surface area contributed by atoms with Crippen LogP contribution in [0.2, 0.25) is 0 Å². The highest BCUT2D eigenvalue weighted by Crippen LogP contribution is 2.14. The van der Waals surface area contributed by atoms with Crippen molar-refractivity contribution in [3.8, 4) is 0 Å². The van der Waals surface area contributed by atoms with E-state index in [1.165, 1.54) is 24.3 Å². The minimum absolute atomic E-state index is 0.0122. The molecule has 2 N–H and O–H groups in total. The fourth-order valence-corrected chi connectivity index (χ4v) is 0.897. The van der Waals surface area contributed by atoms with E-state index in [2.05, 4.69) is 0 Å². The minimum Gasteiger partial charge on any atom is -0.318 e. The Morgan fingerprint density at radius 2 is 1.92 bits per heavy atom. The van der Waals surface area contributed by atoms with Crippen LogP contribution in [-0.2, 0) is 4.79 Å². The van der Waals surface area contributed by atoms with Gasteiger partial charge in [0.2, 0.25) is 0 Å². The Labute approximate surface area is 74.3 Å². The Hall–Kier alpha value is -1.75. The minimum atomic E-state index is -0.708. The van der Waals surface area contributed by atoms with Crippen LogP contribution >= 0.6 is 0 Å². The van der Waals surface area contributed by atoms with Crippen molar-refractivity contribution in [2.45, 2.75) is 6.04 Å². The van der Waals surface area contributed by atoms with Crippen LogP contribution in [-0.4, -0.2) is 11.2 Å². The monoisotopic (exact) mass is 180 g/mol. The normalized spacial score (nSPS) is 12.1. The van der Waals surface area contributed by atoms with Crippen molar-refractivity contribution in [3.63, 3.8) is 0 Å². The van der Waals surface area contributed by atoms with Crippen LogP contribution in [0.4, 0.5) is 5.69 Å². The molecular weight excluding hydrogens is 172 g/mol. The van der Waals surface area contributed by atoms with Crippen LogP contribution < -0.4 is 5.73 Å². The van der Waals surface area contributed by atoms with Gasteiger partial charge in [-0.2, -0.15) is 0 Å². The zero-order chi connectivity index (χ0) is 9.84. The average Bonchev–Trinajstić information content (AvgIpc) is 2.17. The number of carbonyl (C=O) groups excluding carboxylic acids is 1. The number of nitrogens with two attached hydrogens (primary N) is 1. The summed E-state index contributed by atoms with van der Waals surface area (Å²) in [4.78, 5) is 20.0. The lowest BCUT2D eigenvalue weighted by Crippen LogP contribution is -2.10. The van der Waals surface area contributed by atoms with Gasteiger partial charge in [0.25, 0.3) is 5.69 Å². The number of hydrogen-bond donors (Lipinski definition) is 1. The van der Waals surface area contributed by atoms with Crippen molar-refractivity contribution < 1.29 is 9.72 Å². The molecule has 5 nitrogen and oxygen atoms in total. The Balaban J connectivity index is 2.93. The number of benzene rings is 1. The second-order valence-corrected chi connectivity index (χ2v) is 2.51. The van der Waals surface area contributed by atoms with Crippen LogP contribution in [0.25, 0.3) is 0 Å². The summed E-state index contributed by atoms with van der Waals surface area (Å²) in [7, 11) is 0. The first kappa shape index (κ1) is 9.34. The predicted molar refractivity (Wildman–Crippen MR) is 46.1 cm³/mol. The first-order chi connectivity index (χ1) is 6.15. The molecule has 0 saturated heterocycles. The Bertz CT molecular complexity index is 321. The lowest BCUT2D eigenvalue weighted by atomic mass is 10.1. The number of hydrogen-bond acceptors (Lipinski definition) is 4. The Kier molecular flexibility index (Phi) is 2.71. The zero-order valence-electron chi connectivity index (χ0n) is 6.71. The average molecular weight is 180 g/mol. The molecule has 68 valence electrons. The second kappa shape index (κ2) is 3.77. The summed E-state index contributed by atoms with van der Waals surface area (Å²) >= 11 is 0. The molecule has 13 heavy (non-hydrogen) atoms. The molecular formula is C8H8N2O3. The van der Waals surface area contributed by atoms with Crippen LogP contribution in [0.15, 0.2) is 24.3 Å². The summed E-state index contributed by atoms with van der Waals surface area (Å²) in [5.74, 6) is 0. The van der Waals surface area contributed by atoms with E-state index < -0.39 is 11.0 Å². The highest BCUT2D eigenvalue weighted by Gasteiger charge is 2.07. The van der Waals surface area contributed by atoms with Gasteiger partial charge in [-0.05, 0) is 5.56 Å². The molecule has 1 aromatic carbocycles. The van der Waals surface area contributed by atoms with Crippen LogP contribution in [0.3, 0.4) is 0 Å². The van der Waals surface area contributed by atoms with E-state index in [9.17, 15) is 14.9 Å². The lowest BCUT2D eigenvalue weighted by molar-refractivity contribution is -0.384. The van der Waals surface area contributed by atoms with Gasteiger partial charge in [0.15, 0.2) is 0 Å². The van der Waals surface area contributed by atoms with E-state index >= 15 is 0 Å². The molecule has 0 radical (unpaired) electrons. The van der Waals surface area contributed by atoms with E-state index in [1.54, 1.807) is 0 Å². The van der Waals surface area contributed by atoms with Gasteiger partial charge in [-0.1, -0.05) is 12.1 Å². The van der Waals surface area contributed by atoms with E-state index in [1.807, 2.05) is 0 Å². The third kappa shape index (κ3) is 2.09. The number of nitro benzene ring substituents is 1. The number of nitro groups is 1. The van der Waals surface area contributed by atoms with Crippen LogP contribution in [0, 0.1) is 10.1 Å². The quantitative estimate of drug-likeness (QED) is 0.423. The number of nitrogens with zero attached hydrogens (tertiary/aromatic N) is 1. The third-order valence-corrected chi connectivity index (χ3v) is 1.64. The summed E-state index contributed by atoms with van der Waals surface area (Å²) in [6.07, 6.45) is 0.584. The molecule has 0 aliphatic rings. The molecule has 0 amide bonds. The maximum atomic E-state index is 10.3. The van der Waals surface area contributed by atoms with Gasteiger partial charge in [0, 0.05) is 12.1 Å². The molecule has 0 heterocycles. The summed E-state index contributed by atoms with van der Waals surface area (Å²) in [6.45, 7) is 0. The number of aldehydes is 1.